The molecule has 2 aromatic carbocycles. The van der Waals surface area contributed by atoms with Gasteiger partial charge in [-0.25, -0.2) is 0 Å². The van der Waals surface area contributed by atoms with E-state index in [1.54, 1.807) is 18.2 Å². The summed E-state index contributed by atoms with van der Waals surface area (Å²) in [4.78, 5) is 24.2. The monoisotopic (exact) mass is 353 g/mol. The first-order chi connectivity index (χ1) is 12.3. The summed E-state index contributed by atoms with van der Waals surface area (Å²) in [6.45, 7) is 6.57. The SMILES string of the molecule is CC(C)(C)NC(=O)c1cccc(NCC(=O)NCCc2ccccc2)c1. The van der Waals surface area contributed by atoms with E-state index in [2.05, 4.69) is 16.0 Å². The highest BCUT2D eigenvalue weighted by atomic mass is 16.2. The minimum absolute atomic E-state index is 0.0783. The molecule has 2 rings (SSSR count). The lowest BCUT2D eigenvalue weighted by Gasteiger charge is -2.20. The Morgan fingerprint density at radius 1 is 0.962 bits per heavy atom. The first kappa shape index (κ1) is 19.5. The lowest BCUT2D eigenvalue weighted by Crippen LogP contribution is -2.40. The Balaban J connectivity index is 1.79. The van der Waals surface area contributed by atoms with E-state index in [0.717, 1.165) is 12.1 Å². The van der Waals surface area contributed by atoms with Crippen molar-refractivity contribution in [1.29, 1.82) is 0 Å². The van der Waals surface area contributed by atoms with Gasteiger partial charge in [-0.05, 0) is 51.0 Å². The summed E-state index contributed by atoms with van der Waals surface area (Å²) >= 11 is 0. The second-order valence-electron chi connectivity index (χ2n) is 7.22. The van der Waals surface area contributed by atoms with Crippen LogP contribution in [-0.2, 0) is 11.2 Å². The minimum Gasteiger partial charge on any atom is -0.376 e. The number of benzene rings is 2. The van der Waals surface area contributed by atoms with E-state index in [4.69, 9.17) is 0 Å². The number of rotatable bonds is 7. The number of hydrogen-bond acceptors (Lipinski definition) is 3. The standard InChI is InChI=1S/C21H27N3O2/c1-21(2,3)24-20(26)17-10-7-11-18(14-17)23-15-19(25)22-13-12-16-8-5-4-6-9-16/h4-11,14,23H,12-13,15H2,1-3H3,(H,22,25)(H,24,26). The zero-order valence-corrected chi connectivity index (χ0v) is 15.6. The molecule has 0 spiro atoms. The first-order valence-corrected chi connectivity index (χ1v) is 8.80. The fourth-order valence-corrected chi connectivity index (χ4v) is 2.42. The van der Waals surface area contributed by atoms with Crippen molar-refractivity contribution < 1.29 is 9.59 Å². The topological polar surface area (TPSA) is 70.2 Å². The summed E-state index contributed by atoms with van der Waals surface area (Å²) in [5.74, 6) is -0.209. The van der Waals surface area contributed by atoms with Gasteiger partial charge >= 0.3 is 0 Å². The maximum Gasteiger partial charge on any atom is 0.251 e. The number of amides is 2. The molecule has 0 bridgehead atoms. The average molecular weight is 353 g/mol. The fourth-order valence-electron chi connectivity index (χ4n) is 2.42. The molecule has 0 aliphatic rings. The summed E-state index contributed by atoms with van der Waals surface area (Å²) in [5, 5.41) is 8.87. The number of carbonyl (C=O) groups is 2. The number of anilines is 1. The van der Waals surface area contributed by atoms with Gasteiger partial charge in [-0.3, -0.25) is 9.59 Å². The van der Waals surface area contributed by atoms with Crippen LogP contribution in [0, 0.1) is 0 Å². The zero-order chi connectivity index (χ0) is 19.0. The van der Waals surface area contributed by atoms with Gasteiger partial charge in [0.2, 0.25) is 5.91 Å². The van der Waals surface area contributed by atoms with Crippen molar-refractivity contribution >= 4 is 17.5 Å². The van der Waals surface area contributed by atoms with E-state index in [1.165, 1.54) is 5.56 Å². The predicted molar refractivity (Wildman–Crippen MR) is 105 cm³/mol. The summed E-state index contributed by atoms with van der Waals surface area (Å²) < 4.78 is 0. The van der Waals surface area contributed by atoms with Crippen molar-refractivity contribution in [1.82, 2.24) is 10.6 Å². The van der Waals surface area contributed by atoms with Crippen LogP contribution in [0.25, 0.3) is 0 Å². The summed E-state index contributed by atoms with van der Waals surface area (Å²) in [6, 6.07) is 17.2. The normalized spacial score (nSPS) is 10.9. The summed E-state index contributed by atoms with van der Waals surface area (Å²) in [5.41, 5.74) is 2.21. The van der Waals surface area contributed by atoms with E-state index in [0.29, 0.717) is 12.1 Å². The molecule has 5 nitrogen and oxygen atoms in total. The molecule has 26 heavy (non-hydrogen) atoms. The van der Waals surface area contributed by atoms with Crippen LogP contribution in [-0.4, -0.2) is 30.4 Å². The Bertz CT molecular complexity index is 736. The molecule has 2 amide bonds. The molecular weight excluding hydrogens is 326 g/mol. The van der Waals surface area contributed by atoms with Crippen molar-refractivity contribution in [2.75, 3.05) is 18.4 Å². The van der Waals surface area contributed by atoms with Gasteiger partial charge in [0.25, 0.3) is 5.91 Å². The largest absolute Gasteiger partial charge is 0.376 e. The quantitative estimate of drug-likeness (QED) is 0.717. The molecule has 0 saturated heterocycles. The third kappa shape index (κ3) is 6.97. The molecule has 3 N–H and O–H groups in total. The van der Waals surface area contributed by atoms with E-state index in [-0.39, 0.29) is 23.9 Å². The summed E-state index contributed by atoms with van der Waals surface area (Å²) in [6.07, 6.45) is 0.801. The van der Waals surface area contributed by atoms with Crippen LogP contribution in [0.15, 0.2) is 54.6 Å². The molecular formula is C21H27N3O2. The maximum absolute atomic E-state index is 12.2. The van der Waals surface area contributed by atoms with E-state index in [9.17, 15) is 9.59 Å². The van der Waals surface area contributed by atoms with E-state index < -0.39 is 0 Å². The van der Waals surface area contributed by atoms with Gasteiger partial charge in [-0.2, -0.15) is 0 Å². The van der Waals surface area contributed by atoms with E-state index >= 15 is 0 Å². The molecule has 0 heterocycles. The highest BCUT2D eigenvalue weighted by Gasteiger charge is 2.15. The molecule has 138 valence electrons. The van der Waals surface area contributed by atoms with Gasteiger partial charge in [0.1, 0.15) is 0 Å². The van der Waals surface area contributed by atoms with Gasteiger partial charge in [0.05, 0.1) is 6.54 Å². The lowest BCUT2D eigenvalue weighted by molar-refractivity contribution is -0.119. The van der Waals surface area contributed by atoms with Gasteiger partial charge < -0.3 is 16.0 Å². The molecule has 0 saturated carbocycles. The van der Waals surface area contributed by atoms with Gasteiger partial charge in [-0.1, -0.05) is 36.4 Å². The molecule has 2 aromatic rings. The fraction of sp³-hybridized carbons (Fsp3) is 0.333. The third-order valence-electron chi connectivity index (χ3n) is 3.65. The summed E-state index contributed by atoms with van der Waals surface area (Å²) in [7, 11) is 0. The molecule has 0 radical (unpaired) electrons. The van der Waals surface area contributed by atoms with Crippen molar-refractivity contribution in [3.05, 3.63) is 65.7 Å². The Morgan fingerprint density at radius 2 is 1.69 bits per heavy atom. The van der Waals surface area contributed by atoms with Crippen molar-refractivity contribution in [2.45, 2.75) is 32.7 Å². The van der Waals surface area contributed by atoms with Crippen LogP contribution >= 0.6 is 0 Å². The Morgan fingerprint density at radius 3 is 2.38 bits per heavy atom. The molecule has 0 aromatic heterocycles. The molecule has 0 aliphatic carbocycles. The van der Waals surface area contributed by atoms with Crippen molar-refractivity contribution in [3.8, 4) is 0 Å². The lowest BCUT2D eigenvalue weighted by atomic mass is 10.1. The van der Waals surface area contributed by atoms with Gasteiger partial charge in [-0.15, -0.1) is 0 Å². The second-order valence-corrected chi connectivity index (χ2v) is 7.22. The first-order valence-electron chi connectivity index (χ1n) is 8.80. The van der Waals surface area contributed by atoms with Crippen LogP contribution in [0.2, 0.25) is 0 Å². The smallest absolute Gasteiger partial charge is 0.251 e. The second kappa shape index (κ2) is 9.04. The van der Waals surface area contributed by atoms with Crippen LogP contribution < -0.4 is 16.0 Å². The molecule has 0 unspecified atom stereocenters. The number of nitrogens with one attached hydrogen (secondary N) is 3. The number of hydrogen-bond donors (Lipinski definition) is 3. The Kier molecular flexibility index (Phi) is 6.78. The molecule has 0 aliphatic heterocycles. The third-order valence-corrected chi connectivity index (χ3v) is 3.65. The Labute approximate surface area is 155 Å². The van der Waals surface area contributed by atoms with Crippen LogP contribution in [0.4, 0.5) is 5.69 Å². The van der Waals surface area contributed by atoms with E-state index in [1.807, 2.05) is 57.2 Å². The highest BCUT2D eigenvalue weighted by molar-refractivity contribution is 5.95. The van der Waals surface area contributed by atoms with Crippen LogP contribution in [0.1, 0.15) is 36.7 Å². The average Bonchev–Trinajstić information content (AvgIpc) is 2.60. The molecule has 0 fully saturated rings. The zero-order valence-electron chi connectivity index (χ0n) is 15.6. The van der Waals surface area contributed by atoms with Crippen LogP contribution in [0.3, 0.4) is 0 Å². The number of carbonyl (C=O) groups excluding carboxylic acids is 2. The Hall–Kier alpha value is -2.82. The molecule has 5 heteroatoms. The molecule has 0 atom stereocenters. The van der Waals surface area contributed by atoms with Crippen molar-refractivity contribution in [2.24, 2.45) is 0 Å². The highest BCUT2D eigenvalue weighted by Crippen LogP contribution is 2.11. The maximum atomic E-state index is 12.2. The van der Waals surface area contributed by atoms with Gasteiger partial charge in [0, 0.05) is 23.3 Å². The predicted octanol–water partition coefficient (Wildman–Crippen LogP) is 2.99. The van der Waals surface area contributed by atoms with Crippen molar-refractivity contribution in [3.63, 3.8) is 0 Å². The minimum atomic E-state index is -0.293. The van der Waals surface area contributed by atoms with Gasteiger partial charge in [0.15, 0.2) is 0 Å². The van der Waals surface area contributed by atoms with Crippen LogP contribution in [0.5, 0.6) is 0 Å².